The van der Waals surface area contributed by atoms with Crippen LogP contribution < -0.4 is 15.4 Å². The van der Waals surface area contributed by atoms with Crippen LogP contribution in [0.15, 0.2) is 77.6 Å². The number of aromatic nitrogens is 6. The number of hydrogen-bond donors (Lipinski definition) is 1. The summed E-state index contributed by atoms with van der Waals surface area (Å²) in [5.74, 6) is -0.415. The zero-order valence-electron chi connectivity index (χ0n) is 29.4. The van der Waals surface area contributed by atoms with E-state index in [1.807, 2.05) is 19.9 Å². The van der Waals surface area contributed by atoms with Gasteiger partial charge in [0.15, 0.2) is 0 Å². The highest BCUT2D eigenvalue weighted by Crippen LogP contribution is 2.33. The lowest BCUT2D eigenvalue weighted by molar-refractivity contribution is 0.0978. The molecule has 0 unspecified atom stereocenters. The number of benzene rings is 2. The highest BCUT2D eigenvalue weighted by Gasteiger charge is 2.25. The Bertz CT molecular complexity index is 2280. The molecule has 2 aromatic carbocycles. The van der Waals surface area contributed by atoms with Gasteiger partial charge < -0.3 is 4.98 Å². The Kier molecular flexibility index (Phi) is 14.7. The minimum Gasteiger partial charge on any atom is -0.313 e. The van der Waals surface area contributed by atoms with Crippen molar-refractivity contribution >= 4 is 91.2 Å². The van der Waals surface area contributed by atoms with E-state index in [1.165, 1.54) is 28.7 Å². The molecule has 0 radical (unpaired) electrons. The highest BCUT2D eigenvalue weighted by atomic mass is 35.5. The number of hydrogen-bond acceptors (Lipinski definition) is 10. The third kappa shape index (κ3) is 10.5. The third-order valence-corrected chi connectivity index (χ3v) is 10.7. The maximum absolute atomic E-state index is 13.1. The maximum Gasteiger partial charge on any atom is 0.261 e. The predicted molar refractivity (Wildman–Crippen MR) is 220 cm³/mol. The van der Waals surface area contributed by atoms with Crippen molar-refractivity contribution in [3.63, 3.8) is 0 Å². The highest BCUT2D eigenvalue weighted by molar-refractivity contribution is 7.19. The number of unbranched alkanes of at least 4 members (excludes halogenated alkanes) is 2. The van der Waals surface area contributed by atoms with Crippen LogP contribution >= 0.6 is 69.1 Å². The summed E-state index contributed by atoms with van der Waals surface area (Å²) >= 11 is 26.9. The fraction of sp³-hybridized carbons (Fsp3) is 0.243. The topological polar surface area (TPSA) is 138 Å². The molecule has 4 heterocycles. The Morgan fingerprint density at radius 2 is 1.17 bits per heavy atom. The first kappa shape index (κ1) is 40.9. The maximum atomic E-state index is 13.1. The van der Waals surface area contributed by atoms with Gasteiger partial charge in [0.1, 0.15) is 20.3 Å². The van der Waals surface area contributed by atoms with E-state index in [2.05, 4.69) is 37.3 Å². The van der Waals surface area contributed by atoms with Gasteiger partial charge in [0.05, 0.1) is 21.2 Å². The molecule has 0 aliphatic carbocycles. The molecule has 0 spiro atoms. The molecule has 1 N–H and O–H groups in total. The number of nitrogens with one attached hydrogen (secondary N) is 1. The Hall–Kier alpha value is -4.24. The number of carbonyl (C=O) groups excluding carboxylic acids is 2. The van der Waals surface area contributed by atoms with Crippen LogP contribution in [0.1, 0.15) is 65.9 Å². The van der Waals surface area contributed by atoms with Crippen LogP contribution in [0.4, 0.5) is 10.3 Å². The van der Waals surface area contributed by atoms with Crippen LogP contribution in [-0.2, 0) is 0 Å². The van der Waals surface area contributed by atoms with Gasteiger partial charge in [-0.3, -0.25) is 24.2 Å². The lowest BCUT2D eigenvalue weighted by atomic mass is 10.2. The molecule has 17 heteroatoms. The van der Waals surface area contributed by atoms with Gasteiger partial charge in [-0.1, -0.05) is 120 Å². The molecule has 4 aromatic heterocycles. The second-order valence-corrected chi connectivity index (χ2v) is 15.3. The van der Waals surface area contributed by atoms with Gasteiger partial charge in [0, 0.05) is 36.0 Å². The van der Waals surface area contributed by atoms with E-state index in [1.54, 1.807) is 70.5 Å². The quantitative estimate of drug-likeness (QED) is 0.120. The molecule has 6 aromatic rings. The summed E-state index contributed by atoms with van der Waals surface area (Å²) in [6.45, 7) is 7.02. The van der Waals surface area contributed by atoms with Gasteiger partial charge in [-0.25, -0.2) is 4.98 Å². The smallest absolute Gasteiger partial charge is 0.261 e. The fourth-order valence-electron chi connectivity index (χ4n) is 5.03. The molecule has 0 atom stereocenters. The summed E-state index contributed by atoms with van der Waals surface area (Å²) in [6, 6.07) is 20.5. The predicted octanol–water partition coefficient (Wildman–Crippen LogP) is 10.3. The first-order chi connectivity index (χ1) is 26.0. The molecule has 280 valence electrons. The number of carbonyl (C=O) groups is 2. The van der Waals surface area contributed by atoms with Crippen LogP contribution in [0.2, 0.25) is 20.4 Å². The van der Waals surface area contributed by atoms with Crippen molar-refractivity contribution in [3.8, 4) is 21.1 Å². The van der Waals surface area contributed by atoms with E-state index in [-0.39, 0.29) is 22.5 Å². The molecule has 0 bridgehead atoms. The first-order valence-electron chi connectivity index (χ1n) is 16.8. The van der Waals surface area contributed by atoms with Crippen LogP contribution in [0.3, 0.4) is 0 Å². The first-order valence-corrected chi connectivity index (χ1v) is 20.0. The summed E-state index contributed by atoms with van der Waals surface area (Å²) in [6.07, 6.45) is 3.53. The number of anilines is 2. The minimum atomic E-state index is -0.329. The Morgan fingerprint density at radius 1 is 0.685 bits per heavy atom. The van der Waals surface area contributed by atoms with E-state index in [0.29, 0.717) is 65.3 Å². The van der Waals surface area contributed by atoms with Gasteiger partial charge in [0.25, 0.3) is 11.8 Å². The molecular weight excluding hydrogens is 810 g/mol. The summed E-state index contributed by atoms with van der Waals surface area (Å²) in [5.41, 5.74) is 2.71. The standard InChI is InChI=1S/C19H18Cl2N4OS.C18H16Cl2N4O2S/c1-3-4-9-25(18(26)14-7-5-6-8-15(14)20)19-24-23-17(27-19)13-10-12(2)22-16(21)11-13;1-2-3-8-24(17(26)12-6-4-5-7-13(12)19)18-23-22-16(27-18)11-9-14(20)21-15(25)10-11/h5-8,10-11H,3-4,9H2,1-2H3;4-7,9-10H,2-3,8H2,1H3,(H,21,25). The van der Waals surface area contributed by atoms with Gasteiger partial charge >= 0.3 is 0 Å². The van der Waals surface area contributed by atoms with Gasteiger partial charge in [-0.05, 0) is 62.2 Å². The Morgan fingerprint density at radius 3 is 1.61 bits per heavy atom. The summed E-state index contributed by atoms with van der Waals surface area (Å²) < 4.78 is 0. The number of aryl methyl sites for hydroxylation is 1. The molecule has 0 aliphatic heterocycles. The number of amides is 2. The van der Waals surface area contributed by atoms with Crippen LogP contribution in [0.5, 0.6) is 0 Å². The normalized spacial score (nSPS) is 10.8. The van der Waals surface area contributed by atoms with Crippen LogP contribution in [0, 0.1) is 6.92 Å². The van der Waals surface area contributed by atoms with E-state index in [4.69, 9.17) is 46.4 Å². The molecule has 2 amide bonds. The molecular formula is C37H34Cl4N8O3S2. The molecule has 11 nitrogen and oxygen atoms in total. The average Bonchev–Trinajstić information content (AvgIpc) is 3.83. The lowest BCUT2D eigenvalue weighted by Crippen LogP contribution is -2.32. The monoisotopic (exact) mass is 842 g/mol. The zero-order chi connectivity index (χ0) is 38.8. The number of nitrogens with zero attached hydrogens (tertiary/aromatic N) is 7. The average molecular weight is 845 g/mol. The SMILES string of the molecule is CCCCN(C(=O)c1ccccc1Cl)c1nnc(-c2cc(C)nc(Cl)c2)s1.CCCCN(C(=O)c1ccccc1Cl)c1nnc(-c2cc(Cl)[nH]c(=O)c2)s1. The number of halogens is 4. The van der Waals surface area contributed by atoms with Gasteiger partial charge in [-0.15, -0.1) is 20.4 Å². The molecule has 54 heavy (non-hydrogen) atoms. The van der Waals surface area contributed by atoms with Crippen LogP contribution in [-0.4, -0.2) is 55.3 Å². The molecule has 0 aliphatic rings. The third-order valence-electron chi connectivity index (χ3n) is 7.69. The lowest BCUT2D eigenvalue weighted by Gasteiger charge is -2.19. The van der Waals surface area contributed by atoms with E-state index >= 15 is 0 Å². The van der Waals surface area contributed by atoms with E-state index in [9.17, 15) is 14.4 Å². The van der Waals surface area contributed by atoms with Crippen molar-refractivity contribution in [1.29, 1.82) is 0 Å². The molecule has 6 rings (SSSR count). The fourth-order valence-corrected chi connectivity index (χ4v) is 7.63. The Labute approximate surface area is 339 Å². The molecule has 0 fully saturated rings. The van der Waals surface area contributed by atoms with Crippen LogP contribution in [0.25, 0.3) is 21.1 Å². The van der Waals surface area contributed by atoms with Crippen molar-refractivity contribution in [2.24, 2.45) is 0 Å². The van der Waals surface area contributed by atoms with Crippen molar-refractivity contribution in [2.75, 3.05) is 22.9 Å². The van der Waals surface area contributed by atoms with Crippen molar-refractivity contribution in [3.05, 3.63) is 120 Å². The molecule has 0 saturated carbocycles. The summed E-state index contributed by atoms with van der Waals surface area (Å²) in [4.78, 5) is 47.6. The van der Waals surface area contributed by atoms with Crippen molar-refractivity contribution in [2.45, 2.75) is 46.5 Å². The Balaban J connectivity index is 0.000000208. The van der Waals surface area contributed by atoms with Gasteiger partial charge in [0.2, 0.25) is 15.8 Å². The van der Waals surface area contributed by atoms with Gasteiger partial charge in [-0.2, -0.15) is 0 Å². The number of rotatable bonds is 12. The minimum absolute atomic E-state index is 0.180. The summed E-state index contributed by atoms with van der Waals surface area (Å²) in [5, 5.41) is 20.4. The number of H-pyrrole nitrogens is 1. The largest absolute Gasteiger partial charge is 0.313 e. The van der Waals surface area contributed by atoms with E-state index in [0.717, 1.165) is 36.9 Å². The van der Waals surface area contributed by atoms with Crippen molar-refractivity contribution in [1.82, 2.24) is 30.4 Å². The summed E-state index contributed by atoms with van der Waals surface area (Å²) in [7, 11) is 0. The second-order valence-electron chi connectivity index (χ2n) is 11.8. The second kappa shape index (κ2) is 19.4. The zero-order valence-corrected chi connectivity index (χ0v) is 34.0. The van der Waals surface area contributed by atoms with Crippen molar-refractivity contribution < 1.29 is 9.59 Å². The molecule has 0 saturated heterocycles. The number of aromatic amines is 1. The van der Waals surface area contributed by atoms with E-state index < -0.39 is 0 Å². The number of pyridine rings is 2.